The molecule has 1 aliphatic carbocycles. The number of aromatic nitrogens is 4. The first-order valence-corrected chi connectivity index (χ1v) is 13.2. The number of benzene rings is 1. The normalized spacial score (nSPS) is 18.3. The minimum Gasteiger partial charge on any atom is -0.497 e. The van der Waals surface area contributed by atoms with E-state index in [-0.39, 0.29) is 5.91 Å². The van der Waals surface area contributed by atoms with E-state index in [9.17, 15) is 4.79 Å². The van der Waals surface area contributed by atoms with E-state index in [1.165, 1.54) is 19.3 Å². The molecule has 2 atom stereocenters. The van der Waals surface area contributed by atoms with Crippen molar-refractivity contribution in [2.45, 2.75) is 56.0 Å². The van der Waals surface area contributed by atoms with Crippen molar-refractivity contribution in [3.05, 3.63) is 40.3 Å². The quantitative estimate of drug-likeness (QED) is 0.414. The molecule has 33 heavy (non-hydrogen) atoms. The zero-order valence-electron chi connectivity index (χ0n) is 19.7. The number of ether oxygens (including phenoxy) is 1. The van der Waals surface area contributed by atoms with Crippen LogP contribution in [0, 0.1) is 5.92 Å². The van der Waals surface area contributed by atoms with Crippen LogP contribution in [-0.4, -0.2) is 51.8 Å². The van der Waals surface area contributed by atoms with E-state index in [0.29, 0.717) is 24.1 Å². The Balaban J connectivity index is 1.57. The van der Waals surface area contributed by atoms with Crippen molar-refractivity contribution in [1.82, 2.24) is 24.6 Å². The fraction of sp³-hybridized carbons (Fsp3) is 0.500. The molecular weight excluding hydrogens is 454 g/mol. The monoisotopic (exact) mass is 485 g/mol. The lowest BCUT2D eigenvalue weighted by Crippen LogP contribution is -2.23. The predicted octanol–water partition coefficient (Wildman–Crippen LogP) is 5.08. The third kappa shape index (κ3) is 5.58. The first-order valence-electron chi connectivity index (χ1n) is 11.3. The summed E-state index contributed by atoms with van der Waals surface area (Å²) in [5.74, 6) is 3.09. The van der Waals surface area contributed by atoms with E-state index in [4.69, 9.17) is 4.74 Å². The number of thioether (sulfide) groups is 1. The third-order valence-electron chi connectivity index (χ3n) is 6.16. The average Bonchev–Trinajstić information content (AvgIpc) is 3.44. The molecule has 1 aliphatic rings. The molecule has 1 amide bonds. The highest BCUT2D eigenvalue weighted by Crippen LogP contribution is 2.39. The van der Waals surface area contributed by atoms with Gasteiger partial charge in [0.2, 0.25) is 5.91 Å². The molecule has 0 bridgehead atoms. The fourth-order valence-corrected chi connectivity index (χ4v) is 5.99. The lowest BCUT2D eigenvalue weighted by molar-refractivity contribution is -0.127. The summed E-state index contributed by atoms with van der Waals surface area (Å²) in [5, 5.41) is 13.0. The van der Waals surface area contributed by atoms with E-state index in [1.807, 2.05) is 17.5 Å². The van der Waals surface area contributed by atoms with Crippen LogP contribution in [-0.2, 0) is 17.0 Å². The molecule has 1 aromatic carbocycles. The zero-order valence-corrected chi connectivity index (χ0v) is 21.3. The number of likely N-dealkylation sites (N-methyl/N-ethyl adjacent to an activating group) is 1. The molecule has 1 saturated carbocycles. The molecular formula is C24H31N5O2S2. The number of methoxy groups -OCH3 is 1. The number of rotatable bonds is 8. The van der Waals surface area contributed by atoms with Crippen molar-refractivity contribution in [3.63, 3.8) is 0 Å². The number of amides is 1. The number of carbonyl (C=O) groups excluding carboxylic acids is 1. The lowest BCUT2D eigenvalue weighted by Gasteiger charge is -2.31. The summed E-state index contributed by atoms with van der Waals surface area (Å²) in [6.45, 7) is 2.34. The van der Waals surface area contributed by atoms with Gasteiger partial charge in [-0.15, -0.1) is 21.5 Å². The molecule has 3 aromatic rings. The summed E-state index contributed by atoms with van der Waals surface area (Å²) in [7, 11) is 5.22. The van der Waals surface area contributed by atoms with E-state index in [1.54, 1.807) is 49.2 Å². The standard InChI is InChI=1S/C24H31N5O2S2/c1-16-7-5-6-8-20(16)29-23(17-9-11-19(31-4)12-10-17)26-27-24(29)33-15-18-14-32-21(25-18)13-22(30)28(2)3/h9-12,14,16,20H,5-8,13,15H2,1-4H3. The van der Waals surface area contributed by atoms with Gasteiger partial charge in [-0.05, 0) is 43.0 Å². The smallest absolute Gasteiger partial charge is 0.228 e. The van der Waals surface area contributed by atoms with Crippen LogP contribution in [0.2, 0.25) is 0 Å². The summed E-state index contributed by atoms with van der Waals surface area (Å²) in [4.78, 5) is 18.3. The summed E-state index contributed by atoms with van der Waals surface area (Å²) in [6, 6.07) is 8.43. The Hall–Kier alpha value is -2.39. The number of hydrogen-bond donors (Lipinski definition) is 0. The van der Waals surface area contributed by atoms with Crippen LogP contribution in [0.25, 0.3) is 11.4 Å². The molecule has 0 saturated heterocycles. The second kappa shape index (κ2) is 10.7. The van der Waals surface area contributed by atoms with Crippen LogP contribution in [0.4, 0.5) is 0 Å². The molecule has 9 heteroatoms. The van der Waals surface area contributed by atoms with Gasteiger partial charge in [-0.25, -0.2) is 4.98 Å². The second-order valence-electron chi connectivity index (χ2n) is 8.72. The molecule has 0 spiro atoms. The molecule has 4 rings (SSSR count). The zero-order chi connectivity index (χ0) is 23.4. The Bertz CT molecular complexity index is 1080. The lowest BCUT2D eigenvalue weighted by atomic mass is 9.85. The summed E-state index contributed by atoms with van der Waals surface area (Å²) >= 11 is 3.21. The molecule has 2 heterocycles. The average molecular weight is 486 g/mol. The van der Waals surface area contributed by atoms with E-state index < -0.39 is 0 Å². The van der Waals surface area contributed by atoms with Gasteiger partial charge in [0.05, 0.1) is 19.2 Å². The first-order chi connectivity index (χ1) is 16.0. The highest BCUT2D eigenvalue weighted by Gasteiger charge is 2.28. The van der Waals surface area contributed by atoms with Crippen LogP contribution in [0.5, 0.6) is 5.75 Å². The highest BCUT2D eigenvalue weighted by atomic mass is 32.2. The van der Waals surface area contributed by atoms with Crippen LogP contribution < -0.4 is 4.74 Å². The minimum atomic E-state index is 0.0683. The van der Waals surface area contributed by atoms with Crippen molar-refractivity contribution in [3.8, 4) is 17.1 Å². The topological polar surface area (TPSA) is 73.1 Å². The molecule has 0 radical (unpaired) electrons. The summed E-state index contributed by atoms with van der Waals surface area (Å²) in [5.41, 5.74) is 2.02. The van der Waals surface area contributed by atoms with Gasteiger partial charge in [0.15, 0.2) is 11.0 Å². The van der Waals surface area contributed by atoms with Crippen LogP contribution in [0.1, 0.15) is 49.4 Å². The van der Waals surface area contributed by atoms with Gasteiger partial charge in [-0.3, -0.25) is 9.36 Å². The maximum atomic E-state index is 12.0. The van der Waals surface area contributed by atoms with Crippen molar-refractivity contribution < 1.29 is 9.53 Å². The Morgan fingerprint density at radius 2 is 1.97 bits per heavy atom. The number of nitrogens with zero attached hydrogens (tertiary/aromatic N) is 5. The fourth-order valence-electron chi connectivity index (χ4n) is 4.21. The van der Waals surface area contributed by atoms with Crippen LogP contribution in [0.15, 0.2) is 34.8 Å². The molecule has 0 aliphatic heterocycles. The first kappa shape index (κ1) is 23.8. The van der Waals surface area contributed by atoms with Gasteiger partial charge in [0.1, 0.15) is 10.8 Å². The van der Waals surface area contributed by atoms with Crippen molar-refractivity contribution in [2.75, 3.05) is 21.2 Å². The summed E-state index contributed by atoms with van der Waals surface area (Å²) < 4.78 is 7.67. The van der Waals surface area contributed by atoms with Gasteiger partial charge in [-0.2, -0.15) is 0 Å². The largest absolute Gasteiger partial charge is 0.497 e. The van der Waals surface area contributed by atoms with Gasteiger partial charge in [-0.1, -0.05) is 31.5 Å². The number of thiazole rings is 1. The molecule has 176 valence electrons. The Labute approximate surface area is 203 Å². The maximum Gasteiger partial charge on any atom is 0.228 e. The summed E-state index contributed by atoms with van der Waals surface area (Å²) in [6.07, 6.45) is 5.23. The van der Waals surface area contributed by atoms with Gasteiger partial charge >= 0.3 is 0 Å². The highest BCUT2D eigenvalue weighted by molar-refractivity contribution is 7.98. The maximum absolute atomic E-state index is 12.0. The van der Waals surface area contributed by atoms with Crippen molar-refractivity contribution in [1.29, 1.82) is 0 Å². The number of hydrogen-bond acceptors (Lipinski definition) is 7. The minimum absolute atomic E-state index is 0.0683. The van der Waals surface area contributed by atoms with Crippen molar-refractivity contribution in [2.24, 2.45) is 5.92 Å². The molecule has 7 nitrogen and oxygen atoms in total. The van der Waals surface area contributed by atoms with Gasteiger partial charge in [0.25, 0.3) is 0 Å². The SMILES string of the molecule is COc1ccc(-c2nnc(SCc3csc(CC(=O)N(C)C)n3)n2C2CCCCC2C)cc1. The molecule has 2 unspecified atom stereocenters. The number of carbonyl (C=O) groups is 1. The second-order valence-corrected chi connectivity index (χ2v) is 10.6. The van der Waals surface area contributed by atoms with Crippen LogP contribution >= 0.6 is 23.1 Å². The predicted molar refractivity (Wildman–Crippen MR) is 133 cm³/mol. The third-order valence-corrected chi connectivity index (χ3v) is 8.03. The molecule has 2 aromatic heterocycles. The van der Waals surface area contributed by atoms with E-state index in [0.717, 1.165) is 39.4 Å². The Kier molecular flexibility index (Phi) is 7.70. The van der Waals surface area contributed by atoms with Gasteiger partial charge in [0, 0.05) is 36.8 Å². The molecule has 1 fully saturated rings. The van der Waals surface area contributed by atoms with Crippen molar-refractivity contribution >= 4 is 29.0 Å². The Morgan fingerprint density at radius 1 is 1.21 bits per heavy atom. The van der Waals surface area contributed by atoms with Gasteiger partial charge < -0.3 is 9.64 Å². The van der Waals surface area contributed by atoms with E-state index >= 15 is 0 Å². The van der Waals surface area contributed by atoms with E-state index in [2.05, 4.69) is 38.8 Å². The van der Waals surface area contributed by atoms with Crippen LogP contribution in [0.3, 0.4) is 0 Å². The Morgan fingerprint density at radius 3 is 2.67 bits per heavy atom. The molecule has 0 N–H and O–H groups in total.